The number of benzene rings is 2. The normalized spacial score (nSPS) is 11.3. The van der Waals surface area contributed by atoms with Crippen molar-refractivity contribution in [1.82, 2.24) is 5.16 Å². The summed E-state index contributed by atoms with van der Waals surface area (Å²) < 4.78 is 10.4. The highest BCUT2D eigenvalue weighted by Gasteiger charge is 2.16. The summed E-state index contributed by atoms with van der Waals surface area (Å²) in [6, 6.07) is 13.9. The van der Waals surface area contributed by atoms with E-state index in [0.29, 0.717) is 22.1 Å². The average molecular weight is 386 g/mol. The zero-order valence-electron chi connectivity index (χ0n) is 14.6. The monoisotopic (exact) mass is 385 g/mol. The number of ether oxygens (including phenoxy) is 1. The topological polar surface area (TPSA) is 99.9 Å². The fourth-order valence-corrected chi connectivity index (χ4v) is 2.46. The van der Waals surface area contributed by atoms with Crippen molar-refractivity contribution in [2.24, 2.45) is 10.9 Å². The Morgan fingerprint density at radius 3 is 2.63 bits per heavy atom. The molecule has 0 radical (unpaired) electrons. The van der Waals surface area contributed by atoms with Gasteiger partial charge in [-0.3, -0.25) is 0 Å². The van der Waals surface area contributed by atoms with E-state index in [9.17, 15) is 4.79 Å². The predicted molar refractivity (Wildman–Crippen MR) is 101 cm³/mol. The minimum absolute atomic E-state index is 0.0276. The summed E-state index contributed by atoms with van der Waals surface area (Å²) in [5.74, 6) is 0.0150. The first-order valence-electron chi connectivity index (χ1n) is 7.90. The van der Waals surface area contributed by atoms with Crippen molar-refractivity contribution in [2.45, 2.75) is 6.92 Å². The molecule has 0 saturated heterocycles. The fourth-order valence-electron chi connectivity index (χ4n) is 2.29. The van der Waals surface area contributed by atoms with E-state index in [1.54, 1.807) is 18.2 Å². The van der Waals surface area contributed by atoms with Crippen molar-refractivity contribution >= 4 is 23.4 Å². The van der Waals surface area contributed by atoms with Crippen LogP contribution in [-0.4, -0.2) is 24.1 Å². The van der Waals surface area contributed by atoms with Gasteiger partial charge in [0.2, 0.25) is 0 Å². The van der Waals surface area contributed by atoms with E-state index in [1.807, 2.05) is 31.2 Å². The van der Waals surface area contributed by atoms with Crippen LogP contribution < -0.4 is 10.5 Å². The third-order valence-electron chi connectivity index (χ3n) is 3.72. The van der Waals surface area contributed by atoms with Gasteiger partial charge in [-0.2, -0.15) is 0 Å². The van der Waals surface area contributed by atoms with Gasteiger partial charge >= 0.3 is 5.97 Å². The number of hydrogen-bond acceptors (Lipinski definition) is 6. The summed E-state index contributed by atoms with van der Waals surface area (Å²) in [7, 11) is 1.48. The first kappa shape index (κ1) is 18.5. The molecule has 3 rings (SSSR count). The van der Waals surface area contributed by atoms with E-state index in [2.05, 4.69) is 10.3 Å². The number of nitrogens with two attached hydrogens (primary N) is 1. The minimum Gasteiger partial charge on any atom is -0.496 e. The van der Waals surface area contributed by atoms with E-state index in [4.69, 9.17) is 31.4 Å². The zero-order chi connectivity index (χ0) is 19.4. The van der Waals surface area contributed by atoms with Crippen LogP contribution in [0.15, 0.2) is 58.2 Å². The van der Waals surface area contributed by atoms with Gasteiger partial charge in [0.05, 0.1) is 12.7 Å². The Hall–Kier alpha value is -3.32. The lowest BCUT2D eigenvalue weighted by molar-refractivity contribution is 0.0504. The maximum Gasteiger partial charge on any atom is 0.387 e. The highest BCUT2D eigenvalue weighted by atomic mass is 35.5. The smallest absolute Gasteiger partial charge is 0.387 e. The molecule has 0 unspecified atom stereocenters. The van der Waals surface area contributed by atoms with Gasteiger partial charge in [-0.05, 0) is 25.1 Å². The molecule has 1 aromatic heterocycles. The second kappa shape index (κ2) is 7.92. The summed E-state index contributed by atoms with van der Waals surface area (Å²) in [6.45, 7) is 1.98. The molecule has 2 aromatic carbocycles. The summed E-state index contributed by atoms with van der Waals surface area (Å²) in [5, 5.41) is 7.79. The molecule has 0 fully saturated rings. The number of halogens is 1. The number of carbonyl (C=O) groups excluding carboxylic acids is 1. The number of nitrogens with zero attached hydrogens (tertiary/aromatic N) is 2. The Labute approximate surface area is 160 Å². The highest BCUT2D eigenvalue weighted by Crippen LogP contribution is 2.23. The first-order valence-corrected chi connectivity index (χ1v) is 8.28. The Morgan fingerprint density at radius 1 is 1.19 bits per heavy atom. The van der Waals surface area contributed by atoms with Gasteiger partial charge in [-0.15, -0.1) is 0 Å². The Balaban J connectivity index is 1.75. The molecule has 0 aliphatic carbocycles. The third kappa shape index (κ3) is 4.27. The first-order chi connectivity index (χ1) is 13.0. The van der Waals surface area contributed by atoms with Gasteiger partial charge in [0.15, 0.2) is 17.3 Å². The number of amidine groups is 1. The molecule has 8 heteroatoms. The summed E-state index contributed by atoms with van der Waals surface area (Å²) in [6.07, 6.45) is 0. The van der Waals surface area contributed by atoms with Crippen LogP contribution in [0.2, 0.25) is 5.02 Å². The lowest BCUT2D eigenvalue weighted by atomic mass is 10.1. The van der Waals surface area contributed by atoms with Crippen LogP contribution in [0, 0.1) is 6.92 Å². The molecular weight excluding hydrogens is 370 g/mol. The molecule has 0 amide bonds. The van der Waals surface area contributed by atoms with Gasteiger partial charge in [-0.25, -0.2) is 4.79 Å². The fraction of sp³-hybridized carbons (Fsp3) is 0.105. The molecule has 0 aliphatic rings. The Bertz CT molecular complexity index is 996. The zero-order valence-corrected chi connectivity index (χ0v) is 15.4. The average Bonchev–Trinajstić information content (AvgIpc) is 3.16. The van der Waals surface area contributed by atoms with E-state index in [-0.39, 0.29) is 11.5 Å². The van der Waals surface area contributed by atoms with Crippen molar-refractivity contribution in [3.63, 3.8) is 0 Å². The van der Waals surface area contributed by atoms with Crippen LogP contribution in [0.3, 0.4) is 0 Å². The molecule has 0 spiro atoms. The van der Waals surface area contributed by atoms with Crippen molar-refractivity contribution in [2.75, 3.05) is 7.11 Å². The van der Waals surface area contributed by atoms with E-state index in [0.717, 1.165) is 11.1 Å². The van der Waals surface area contributed by atoms with Gasteiger partial charge in [0, 0.05) is 16.7 Å². The van der Waals surface area contributed by atoms with Crippen molar-refractivity contribution < 1.29 is 18.9 Å². The number of carbonyl (C=O) groups is 1. The molecule has 2 N–H and O–H groups in total. The second-order valence-corrected chi connectivity index (χ2v) is 6.08. The number of rotatable bonds is 5. The van der Waals surface area contributed by atoms with Crippen molar-refractivity contribution in [1.29, 1.82) is 0 Å². The van der Waals surface area contributed by atoms with Crippen LogP contribution in [0.4, 0.5) is 0 Å². The predicted octanol–water partition coefficient (Wildman–Crippen LogP) is 3.79. The van der Waals surface area contributed by atoms with Crippen LogP contribution in [0.5, 0.6) is 5.75 Å². The van der Waals surface area contributed by atoms with Crippen LogP contribution in [0.25, 0.3) is 11.3 Å². The van der Waals surface area contributed by atoms with Crippen LogP contribution >= 0.6 is 11.6 Å². The number of oxime groups is 1. The molecule has 7 nitrogen and oxygen atoms in total. The van der Waals surface area contributed by atoms with Gasteiger partial charge in [-0.1, -0.05) is 51.7 Å². The highest BCUT2D eigenvalue weighted by molar-refractivity contribution is 6.31. The second-order valence-electron chi connectivity index (χ2n) is 5.64. The SMILES string of the molecule is COc1ccc(Cl)cc1/C(N)=N/OC(=O)c1cc(-c2ccc(C)cc2)on1. The van der Waals surface area contributed by atoms with Crippen molar-refractivity contribution in [3.8, 4) is 17.1 Å². The van der Waals surface area contributed by atoms with Crippen LogP contribution in [-0.2, 0) is 4.84 Å². The molecule has 0 aliphatic heterocycles. The molecular formula is C19H16ClN3O4. The molecule has 27 heavy (non-hydrogen) atoms. The van der Waals surface area contributed by atoms with Gasteiger partial charge in [0.25, 0.3) is 0 Å². The van der Waals surface area contributed by atoms with E-state index < -0.39 is 5.97 Å². The van der Waals surface area contributed by atoms with E-state index in [1.165, 1.54) is 13.2 Å². The molecule has 1 heterocycles. The Morgan fingerprint density at radius 2 is 1.93 bits per heavy atom. The number of methoxy groups -OCH3 is 1. The number of hydrogen-bond donors (Lipinski definition) is 1. The molecule has 0 saturated carbocycles. The number of aryl methyl sites for hydroxylation is 1. The Kier molecular flexibility index (Phi) is 5.42. The van der Waals surface area contributed by atoms with Crippen molar-refractivity contribution in [3.05, 3.63) is 70.4 Å². The van der Waals surface area contributed by atoms with Gasteiger partial charge in [0.1, 0.15) is 5.75 Å². The summed E-state index contributed by atoms with van der Waals surface area (Å²) in [5.41, 5.74) is 8.14. The van der Waals surface area contributed by atoms with Gasteiger partial charge < -0.3 is 19.8 Å². The minimum atomic E-state index is -0.805. The molecule has 0 atom stereocenters. The standard InChI is InChI=1S/C19H16ClN3O4/c1-11-3-5-12(6-4-11)17-10-15(22-26-17)19(24)27-23-18(21)14-9-13(20)7-8-16(14)25-2/h3-10H,1-2H3,(H2,21,23). The maximum atomic E-state index is 12.1. The summed E-state index contributed by atoms with van der Waals surface area (Å²) >= 11 is 5.95. The molecule has 138 valence electrons. The number of aromatic nitrogens is 1. The maximum absolute atomic E-state index is 12.1. The largest absolute Gasteiger partial charge is 0.496 e. The molecule has 0 bridgehead atoms. The van der Waals surface area contributed by atoms with Crippen LogP contribution in [0.1, 0.15) is 21.6 Å². The van der Waals surface area contributed by atoms with E-state index >= 15 is 0 Å². The third-order valence-corrected chi connectivity index (χ3v) is 3.95. The lowest BCUT2D eigenvalue weighted by Crippen LogP contribution is -2.16. The summed E-state index contributed by atoms with van der Waals surface area (Å²) in [4.78, 5) is 17.0. The quantitative estimate of drug-likeness (QED) is 0.310. The molecule has 3 aromatic rings. The lowest BCUT2D eigenvalue weighted by Gasteiger charge is -2.07.